The second-order valence-electron chi connectivity index (χ2n) is 7.06. The van der Waals surface area contributed by atoms with Gasteiger partial charge in [-0.25, -0.2) is 0 Å². The van der Waals surface area contributed by atoms with Gasteiger partial charge in [-0.1, -0.05) is 64.4 Å². The molecule has 0 aliphatic heterocycles. The summed E-state index contributed by atoms with van der Waals surface area (Å²) in [4.78, 5) is 12.5. The summed E-state index contributed by atoms with van der Waals surface area (Å²) < 4.78 is 5.67. The van der Waals surface area contributed by atoms with Gasteiger partial charge in [-0.05, 0) is 53.1 Å². The van der Waals surface area contributed by atoms with Crippen LogP contribution in [0, 0.1) is 0 Å². The van der Waals surface area contributed by atoms with Crippen LogP contribution < -0.4 is 10.1 Å². The lowest BCUT2D eigenvalue weighted by atomic mass is 9.92. The van der Waals surface area contributed by atoms with Crippen LogP contribution in [-0.4, -0.2) is 12.5 Å². The molecule has 1 N–H and O–H groups in total. The highest BCUT2D eigenvalue weighted by Gasteiger charge is 2.16. The van der Waals surface area contributed by atoms with Gasteiger partial charge in [0.1, 0.15) is 5.75 Å². The fourth-order valence-corrected chi connectivity index (χ4v) is 3.18. The molecule has 0 radical (unpaired) electrons. The highest BCUT2D eigenvalue weighted by molar-refractivity contribution is 6.31. The zero-order valence-electron chi connectivity index (χ0n) is 16.2. The number of rotatable bonds is 7. The van der Waals surface area contributed by atoms with Gasteiger partial charge in [-0.15, -0.1) is 0 Å². The van der Waals surface area contributed by atoms with Crippen molar-refractivity contribution in [3.63, 3.8) is 0 Å². The maximum Gasteiger partial charge on any atom is 0.262 e. The summed E-state index contributed by atoms with van der Waals surface area (Å²) in [6.07, 6.45) is 0.821. The number of amides is 1. The quantitative estimate of drug-likeness (QED) is 0.630. The lowest BCUT2D eigenvalue weighted by Gasteiger charge is -2.20. The van der Waals surface area contributed by atoms with Gasteiger partial charge in [0.25, 0.3) is 5.91 Å². The maximum absolute atomic E-state index is 12.5. The molecule has 2 aromatic rings. The number of hydrogen-bond donors (Lipinski definition) is 1. The Morgan fingerprint density at radius 1 is 1.08 bits per heavy atom. The number of carbonyl (C=O) groups is 1. The monoisotopic (exact) mass is 373 g/mol. The predicted octanol–water partition coefficient (Wildman–Crippen LogP) is 6.17. The molecule has 2 aromatic carbocycles. The van der Waals surface area contributed by atoms with Gasteiger partial charge in [0.05, 0.1) is 0 Å². The van der Waals surface area contributed by atoms with Crippen molar-refractivity contribution in [3.05, 3.63) is 58.1 Å². The van der Waals surface area contributed by atoms with Gasteiger partial charge in [0.15, 0.2) is 6.61 Å². The summed E-state index contributed by atoms with van der Waals surface area (Å²) in [5.41, 5.74) is 4.21. The van der Waals surface area contributed by atoms with Crippen LogP contribution in [0.1, 0.15) is 63.1 Å². The number of anilines is 1. The van der Waals surface area contributed by atoms with Crippen LogP contribution in [0.5, 0.6) is 5.75 Å². The second-order valence-corrected chi connectivity index (χ2v) is 7.47. The highest BCUT2D eigenvalue weighted by Crippen LogP contribution is 2.32. The summed E-state index contributed by atoms with van der Waals surface area (Å²) in [6.45, 7) is 10.5. The van der Waals surface area contributed by atoms with E-state index in [-0.39, 0.29) is 12.5 Å². The molecule has 0 saturated heterocycles. The molecule has 0 heterocycles. The molecule has 0 aliphatic carbocycles. The molecule has 0 bridgehead atoms. The van der Waals surface area contributed by atoms with Crippen LogP contribution in [0.15, 0.2) is 36.4 Å². The largest absolute Gasteiger partial charge is 0.484 e. The first-order chi connectivity index (χ1) is 12.3. The number of carbonyl (C=O) groups excluding carboxylic acids is 1. The predicted molar refractivity (Wildman–Crippen MR) is 110 cm³/mol. The van der Waals surface area contributed by atoms with Gasteiger partial charge >= 0.3 is 0 Å². The van der Waals surface area contributed by atoms with E-state index in [1.165, 1.54) is 0 Å². The van der Waals surface area contributed by atoms with E-state index in [1.807, 2.05) is 13.0 Å². The molecule has 0 spiro atoms. The van der Waals surface area contributed by atoms with Crippen molar-refractivity contribution in [2.24, 2.45) is 0 Å². The third kappa shape index (κ3) is 5.01. The topological polar surface area (TPSA) is 38.3 Å². The molecule has 26 heavy (non-hydrogen) atoms. The van der Waals surface area contributed by atoms with E-state index in [0.717, 1.165) is 33.8 Å². The first-order valence-electron chi connectivity index (χ1n) is 9.17. The number of benzene rings is 2. The summed E-state index contributed by atoms with van der Waals surface area (Å²) in [7, 11) is 0. The third-order valence-electron chi connectivity index (χ3n) is 4.41. The molecular formula is C22H28ClNO2. The summed E-state index contributed by atoms with van der Waals surface area (Å²) in [5.74, 6) is 1.15. The number of hydrogen-bond acceptors (Lipinski definition) is 2. The van der Waals surface area contributed by atoms with E-state index in [1.54, 1.807) is 12.1 Å². The molecule has 4 heteroatoms. The number of aryl methyl sites for hydroxylation is 1. The van der Waals surface area contributed by atoms with Crippen LogP contribution in [0.2, 0.25) is 5.02 Å². The van der Waals surface area contributed by atoms with Crippen molar-refractivity contribution in [2.45, 2.75) is 52.9 Å². The average molecular weight is 374 g/mol. The Balaban J connectivity index is 2.13. The summed E-state index contributed by atoms with van der Waals surface area (Å²) >= 11 is 6.13. The molecule has 0 saturated carbocycles. The molecule has 1 amide bonds. The van der Waals surface area contributed by atoms with Crippen LogP contribution in [0.3, 0.4) is 0 Å². The minimum absolute atomic E-state index is 0.0330. The summed E-state index contributed by atoms with van der Waals surface area (Å²) in [5, 5.41) is 3.78. The van der Waals surface area contributed by atoms with Gasteiger partial charge in [-0.2, -0.15) is 0 Å². The molecule has 0 atom stereocenters. The normalized spacial score (nSPS) is 11.1. The molecule has 2 rings (SSSR count). The van der Waals surface area contributed by atoms with Crippen molar-refractivity contribution in [1.82, 2.24) is 0 Å². The lowest BCUT2D eigenvalue weighted by molar-refractivity contribution is -0.118. The molecule has 0 unspecified atom stereocenters. The standard InChI is InChI=1S/C22H28ClNO2/c1-6-16-12-17(10-11-20(16)23)26-13-21(25)24-22-18(14(2)3)8-7-9-19(22)15(4)5/h7-12,14-15H,6,13H2,1-5H3,(H,24,25). The fraction of sp³-hybridized carbons (Fsp3) is 0.409. The molecule has 0 aliphatic rings. The first kappa shape index (κ1) is 20.3. The molecule has 0 fully saturated rings. The van der Waals surface area contributed by atoms with E-state index >= 15 is 0 Å². The molecule has 0 aromatic heterocycles. The SMILES string of the molecule is CCc1cc(OCC(=O)Nc2c(C(C)C)cccc2C(C)C)ccc1Cl. The molecule has 3 nitrogen and oxygen atoms in total. The van der Waals surface area contributed by atoms with E-state index in [9.17, 15) is 4.79 Å². The zero-order valence-corrected chi connectivity index (χ0v) is 17.0. The number of para-hydroxylation sites is 1. The van der Waals surface area contributed by atoms with Crippen LogP contribution in [0.4, 0.5) is 5.69 Å². The van der Waals surface area contributed by atoms with Crippen molar-refractivity contribution < 1.29 is 9.53 Å². The Bertz CT molecular complexity index is 742. The maximum atomic E-state index is 12.5. The smallest absolute Gasteiger partial charge is 0.262 e. The van der Waals surface area contributed by atoms with Crippen LogP contribution in [-0.2, 0) is 11.2 Å². The Kier molecular flexibility index (Phi) is 7.10. The highest BCUT2D eigenvalue weighted by atomic mass is 35.5. The van der Waals surface area contributed by atoms with Crippen LogP contribution in [0.25, 0.3) is 0 Å². The molecule has 140 valence electrons. The minimum atomic E-state index is -0.159. The van der Waals surface area contributed by atoms with Gasteiger partial charge in [0, 0.05) is 10.7 Å². The molecular weight excluding hydrogens is 346 g/mol. The number of halogens is 1. The lowest BCUT2D eigenvalue weighted by Crippen LogP contribution is -2.22. The van der Waals surface area contributed by atoms with E-state index < -0.39 is 0 Å². The first-order valence-corrected chi connectivity index (χ1v) is 9.55. The Morgan fingerprint density at radius 3 is 2.23 bits per heavy atom. The number of nitrogens with one attached hydrogen (secondary N) is 1. The van der Waals surface area contributed by atoms with Crippen molar-refractivity contribution in [2.75, 3.05) is 11.9 Å². The van der Waals surface area contributed by atoms with E-state index in [2.05, 4.69) is 51.2 Å². The number of ether oxygens (including phenoxy) is 1. The second kappa shape index (κ2) is 9.09. The van der Waals surface area contributed by atoms with E-state index in [0.29, 0.717) is 17.6 Å². The van der Waals surface area contributed by atoms with Crippen LogP contribution >= 0.6 is 11.6 Å². The van der Waals surface area contributed by atoms with Crippen molar-refractivity contribution in [1.29, 1.82) is 0 Å². The fourth-order valence-electron chi connectivity index (χ4n) is 2.93. The average Bonchev–Trinajstić information content (AvgIpc) is 2.60. The Labute approximate surface area is 161 Å². The summed E-state index contributed by atoms with van der Waals surface area (Å²) in [6, 6.07) is 11.7. The van der Waals surface area contributed by atoms with Gasteiger partial charge in [-0.3, -0.25) is 4.79 Å². The van der Waals surface area contributed by atoms with Gasteiger partial charge in [0.2, 0.25) is 0 Å². The Hall–Kier alpha value is -2.00. The van der Waals surface area contributed by atoms with Crippen molar-refractivity contribution >= 4 is 23.2 Å². The minimum Gasteiger partial charge on any atom is -0.484 e. The Morgan fingerprint density at radius 2 is 1.69 bits per heavy atom. The van der Waals surface area contributed by atoms with E-state index in [4.69, 9.17) is 16.3 Å². The van der Waals surface area contributed by atoms with Gasteiger partial charge < -0.3 is 10.1 Å². The zero-order chi connectivity index (χ0) is 19.3. The van der Waals surface area contributed by atoms with Crippen molar-refractivity contribution in [3.8, 4) is 5.75 Å². The third-order valence-corrected chi connectivity index (χ3v) is 4.77.